The quantitative estimate of drug-likeness (QED) is 0.314. The summed E-state index contributed by atoms with van der Waals surface area (Å²) in [4.78, 5) is 29.0. The van der Waals surface area contributed by atoms with Gasteiger partial charge in [-0.05, 0) is 24.5 Å². The van der Waals surface area contributed by atoms with E-state index >= 15 is 0 Å². The number of guanidine groups is 1. The molecule has 2 aliphatic rings. The van der Waals surface area contributed by atoms with Gasteiger partial charge in [0.2, 0.25) is 0 Å². The van der Waals surface area contributed by atoms with Crippen molar-refractivity contribution < 1.29 is 14.2 Å². The molecule has 2 saturated heterocycles. The van der Waals surface area contributed by atoms with E-state index in [0.29, 0.717) is 31.7 Å². The molecule has 37 heavy (non-hydrogen) atoms. The molecule has 2 unspecified atom stereocenters. The fourth-order valence-electron chi connectivity index (χ4n) is 5.21. The molecule has 0 spiro atoms. The van der Waals surface area contributed by atoms with Crippen LogP contribution in [0.15, 0.2) is 76.4 Å². The van der Waals surface area contributed by atoms with Crippen LogP contribution in [0.5, 0.6) is 0 Å². The van der Waals surface area contributed by atoms with E-state index in [-0.39, 0.29) is 12.6 Å². The minimum atomic E-state index is -0.895. The lowest BCUT2D eigenvalue weighted by Gasteiger charge is -2.44. The summed E-state index contributed by atoms with van der Waals surface area (Å²) in [7, 11) is 0. The second-order valence-electron chi connectivity index (χ2n) is 9.57. The molecule has 10 heteroatoms. The monoisotopic (exact) mass is 505 g/mol. The highest BCUT2D eigenvalue weighted by Crippen LogP contribution is 2.47. The zero-order valence-electron chi connectivity index (χ0n) is 20.6. The third kappa shape index (κ3) is 4.95. The number of nitrogens with one attached hydrogen (secondary N) is 2. The van der Waals surface area contributed by atoms with Crippen molar-refractivity contribution in [2.24, 2.45) is 5.73 Å². The van der Waals surface area contributed by atoms with E-state index in [2.05, 4.69) is 4.98 Å². The molecule has 10 nitrogen and oxygen atoms in total. The van der Waals surface area contributed by atoms with Crippen molar-refractivity contribution in [3.63, 3.8) is 0 Å². The van der Waals surface area contributed by atoms with Crippen LogP contribution >= 0.6 is 0 Å². The maximum atomic E-state index is 12.9. The Kier molecular flexibility index (Phi) is 6.96. The zero-order valence-corrected chi connectivity index (χ0v) is 20.6. The van der Waals surface area contributed by atoms with Crippen LogP contribution in [0.1, 0.15) is 29.3 Å². The Bertz CT molecular complexity index is 1360. The summed E-state index contributed by atoms with van der Waals surface area (Å²) in [6.07, 6.45) is 0.545. The number of fused-ring (bicyclic) bond motifs is 2. The van der Waals surface area contributed by atoms with Crippen molar-refractivity contribution in [1.82, 2.24) is 14.5 Å². The van der Waals surface area contributed by atoms with Gasteiger partial charge < -0.3 is 24.8 Å². The summed E-state index contributed by atoms with van der Waals surface area (Å²) in [6, 6.07) is 19.0. The summed E-state index contributed by atoms with van der Waals surface area (Å²) in [5, 5.41) is 8.24. The number of piperidine rings is 1. The molecule has 1 aromatic heterocycles. The Hall–Kier alpha value is -3.73. The van der Waals surface area contributed by atoms with Crippen molar-refractivity contribution in [1.29, 1.82) is 5.41 Å². The number of ether oxygens (including phenoxy) is 3. The Morgan fingerprint density at radius 3 is 2.41 bits per heavy atom. The zero-order chi connectivity index (χ0) is 26.0. The van der Waals surface area contributed by atoms with Gasteiger partial charge in [-0.3, -0.25) is 19.8 Å². The predicted molar refractivity (Wildman–Crippen MR) is 137 cm³/mol. The van der Waals surface area contributed by atoms with Gasteiger partial charge in [-0.2, -0.15) is 0 Å². The second kappa shape index (κ2) is 10.3. The number of hydrogen-bond donors (Lipinski definition) is 3. The highest BCUT2D eigenvalue weighted by molar-refractivity contribution is 5.75. The first-order chi connectivity index (χ1) is 17.9. The lowest BCUT2D eigenvalue weighted by atomic mass is 9.86. The fourth-order valence-corrected chi connectivity index (χ4v) is 5.21. The summed E-state index contributed by atoms with van der Waals surface area (Å²) in [5.74, 6) is -0.137. The lowest BCUT2D eigenvalue weighted by Crippen LogP contribution is -2.62. The Balaban J connectivity index is 1.51. The highest BCUT2D eigenvalue weighted by Gasteiger charge is 2.62. The first kappa shape index (κ1) is 24.9. The number of benzene rings is 2. The van der Waals surface area contributed by atoms with Crippen LogP contribution in [0.2, 0.25) is 0 Å². The molecular formula is C27H31N5O5. The van der Waals surface area contributed by atoms with Crippen LogP contribution < -0.4 is 17.0 Å². The molecule has 2 bridgehead atoms. The highest BCUT2D eigenvalue weighted by atomic mass is 16.6. The topological polar surface area (TPSA) is 136 Å². The van der Waals surface area contributed by atoms with Crippen LogP contribution in [-0.4, -0.2) is 51.3 Å². The summed E-state index contributed by atoms with van der Waals surface area (Å²) < 4.78 is 20.7. The standard InChI is InChI=1S/C27H31N5O5/c1-18-14-32(26(34)30-23(18)33)24-21-22(36-16-20-10-6-3-7-11-20)27(37-24,12-13-31(21)25(28)29)17-35-15-19-8-4-2-5-9-19/h2-11,14,21-22,24H,12-13,15-17H2,1H3,(H3,28,29)(H,30,33,34)/t21?,22?,24-,27-/m1/s1. The summed E-state index contributed by atoms with van der Waals surface area (Å²) in [6.45, 7) is 2.98. The number of rotatable bonds is 8. The summed E-state index contributed by atoms with van der Waals surface area (Å²) in [5.41, 5.74) is 6.43. The van der Waals surface area contributed by atoms with E-state index in [1.165, 1.54) is 10.8 Å². The van der Waals surface area contributed by atoms with E-state index < -0.39 is 35.2 Å². The van der Waals surface area contributed by atoms with Crippen LogP contribution in [0, 0.1) is 12.3 Å². The van der Waals surface area contributed by atoms with E-state index in [4.69, 9.17) is 25.4 Å². The Labute approximate surface area is 214 Å². The number of H-pyrrole nitrogens is 1. The average Bonchev–Trinajstić information content (AvgIpc) is 3.09. The molecule has 0 radical (unpaired) electrons. The van der Waals surface area contributed by atoms with Crippen molar-refractivity contribution in [2.75, 3.05) is 13.2 Å². The smallest absolute Gasteiger partial charge is 0.330 e. The first-order valence-electron chi connectivity index (χ1n) is 12.3. The van der Waals surface area contributed by atoms with Crippen LogP contribution in [0.3, 0.4) is 0 Å². The SMILES string of the molecule is Cc1cn([C@@H]2O[C@@]3(COCc4ccccc4)CCN(C(=N)N)C2C3OCc2ccccc2)c(=O)[nH]c1=O. The molecule has 2 aromatic carbocycles. The van der Waals surface area contributed by atoms with Crippen LogP contribution in [0.4, 0.5) is 0 Å². The van der Waals surface area contributed by atoms with Crippen molar-refractivity contribution >= 4 is 5.96 Å². The van der Waals surface area contributed by atoms with Crippen molar-refractivity contribution in [3.05, 3.63) is 104 Å². The van der Waals surface area contributed by atoms with Gasteiger partial charge >= 0.3 is 5.69 Å². The van der Waals surface area contributed by atoms with E-state index in [1.807, 2.05) is 60.7 Å². The van der Waals surface area contributed by atoms with Gasteiger partial charge in [-0.25, -0.2) is 4.79 Å². The number of likely N-dealkylation sites (tertiary alicyclic amines) is 1. The van der Waals surface area contributed by atoms with Gasteiger partial charge in [0.25, 0.3) is 5.56 Å². The summed E-state index contributed by atoms with van der Waals surface area (Å²) >= 11 is 0. The number of aromatic amines is 1. The average molecular weight is 506 g/mol. The lowest BCUT2D eigenvalue weighted by molar-refractivity contribution is -0.164. The van der Waals surface area contributed by atoms with Crippen molar-refractivity contribution in [2.45, 2.75) is 50.5 Å². The maximum Gasteiger partial charge on any atom is 0.330 e. The maximum absolute atomic E-state index is 12.9. The third-order valence-corrected chi connectivity index (χ3v) is 7.07. The molecule has 3 aromatic rings. The van der Waals surface area contributed by atoms with E-state index in [0.717, 1.165) is 11.1 Å². The molecule has 4 N–H and O–H groups in total. The molecule has 5 rings (SSSR count). The largest absolute Gasteiger partial charge is 0.374 e. The minimum Gasteiger partial charge on any atom is -0.374 e. The van der Waals surface area contributed by atoms with Crippen LogP contribution in [0.25, 0.3) is 0 Å². The molecular weight excluding hydrogens is 474 g/mol. The molecule has 0 aliphatic carbocycles. The van der Waals surface area contributed by atoms with Gasteiger partial charge in [-0.1, -0.05) is 60.7 Å². The van der Waals surface area contributed by atoms with Gasteiger partial charge in [0, 0.05) is 18.3 Å². The Morgan fingerprint density at radius 2 is 1.76 bits per heavy atom. The van der Waals surface area contributed by atoms with E-state index in [9.17, 15) is 9.59 Å². The van der Waals surface area contributed by atoms with E-state index in [1.54, 1.807) is 11.8 Å². The minimum absolute atomic E-state index is 0.137. The molecule has 194 valence electrons. The fraction of sp³-hybridized carbons (Fsp3) is 0.370. The van der Waals surface area contributed by atoms with Gasteiger partial charge in [0.05, 0.1) is 19.8 Å². The molecule has 4 atom stereocenters. The molecule has 3 heterocycles. The van der Waals surface area contributed by atoms with Gasteiger partial charge in [-0.15, -0.1) is 0 Å². The normalized spacial score (nSPS) is 24.8. The predicted octanol–water partition coefficient (Wildman–Crippen LogP) is 1.88. The number of nitrogens with zero attached hydrogens (tertiary/aromatic N) is 2. The second-order valence-corrected chi connectivity index (χ2v) is 9.57. The first-order valence-corrected chi connectivity index (χ1v) is 12.3. The Morgan fingerprint density at radius 1 is 1.11 bits per heavy atom. The third-order valence-electron chi connectivity index (χ3n) is 7.07. The molecule has 2 aliphatic heterocycles. The molecule has 0 saturated carbocycles. The number of hydrogen-bond acceptors (Lipinski definition) is 6. The van der Waals surface area contributed by atoms with Crippen molar-refractivity contribution in [3.8, 4) is 0 Å². The molecule has 0 amide bonds. The van der Waals surface area contributed by atoms with Gasteiger partial charge in [0.15, 0.2) is 12.2 Å². The van der Waals surface area contributed by atoms with Gasteiger partial charge in [0.1, 0.15) is 17.7 Å². The van der Waals surface area contributed by atoms with Crippen LogP contribution in [-0.2, 0) is 27.4 Å². The number of nitrogens with two attached hydrogens (primary N) is 1. The molecule has 2 fully saturated rings. The number of aromatic nitrogens is 2. The number of aryl methyl sites for hydroxylation is 1.